The van der Waals surface area contributed by atoms with Crippen molar-refractivity contribution in [2.45, 2.75) is 33.2 Å². The van der Waals surface area contributed by atoms with Gasteiger partial charge in [0.15, 0.2) is 0 Å². The highest BCUT2D eigenvalue weighted by Crippen LogP contribution is 2.18. The molecule has 2 aromatic carbocycles. The fourth-order valence-electron chi connectivity index (χ4n) is 2.62. The quantitative estimate of drug-likeness (QED) is 0.664. The van der Waals surface area contributed by atoms with E-state index in [4.69, 9.17) is 0 Å². The minimum atomic E-state index is -0.256. The number of anilines is 2. The molecule has 0 aliphatic heterocycles. The Morgan fingerprint density at radius 1 is 1.00 bits per heavy atom. The zero-order valence-corrected chi connectivity index (χ0v) is 15.9. The van der Waals surface area contributed by atoms with E-state index >= 15 is 0 Å². The van der Waals surface area contributed by atoms with Gasteiger partial charge in [0.2, 0.25) is 0 Å². The maximum atomic E-state index is 12.5. The van der Waals surface area contributed by atoms with Gasteiger partial charge in [0.1, 0.15) is 17.8 Å². The van der Waals surface area contributed by atoms with Crippen molar-refractivity contribution in [3.63, 3.8) is 0 Å². The van der Waals surface area contributed by atoms with Crippen LogP contribution in [-0.2, 0) is 6.54 Å². The Bertz CT molecular complexity index is 902. The highest BCUT2D eigenvalue weighted by Gasteiger charge is 2.10. The summed E-state index contributed by atoms with van der Waals surface area (Å²) in [5, 5.41) is 6.10. The molecule has 1 aromatic heterocycles. The van der Waals surface area contributed by atoms with E-state index in [1.807, 2.05) is 24.3 Å². The molecule has 0 radical (unpaired) electrons. The van der Waals surface area contributed by atoms with Gasteiger partial charge in [0, 0.05) is 18.3 Å². The molecule has 27 heavy (non-hydrogen) atoms. The van der Waals surface area contributed by atoms with Crippen molar-refractivity contribution in [2.24, 2.45) is 0 Å². The van der Waals surface area contributed by atoms with Crippen molar-refractivity contribution in [3.8, 4) is 0 Å². The average molecular weight is 360 g/mol. The van der Waals surface area contributed by atoms with Crippen LogP contribution in [0.2, 0.25) is 0 Å². The molecule has 0 aliphatic carbocycles. The van der Waals surface area contributed by atoms with Crippen molar-refractivity contribution in [1.82, 2.24) is 9.97 Å². The van der Waals surface area contributed by atoms with E-state index in [2.05, 4.69) is 65.6 Å². The highest BCUT2D eigenvalue weighted by molar-refractivity contribution is 6.03. The van der Waals surface area contributed by atoms with Crippen LogP contribution in [0.5, 0.6) is 0 Å². The molecule has 138 valence electrons. The van der Waals surface area contributed by atoms with Crippen molar-refractivity contribution in [3.05, 3.63) is 83.3 Å². The third-order valence-electron chi connectivity index (χ3n) is 4.33. The number of rotatable bonds is 6. The molecule has 0 spiro atoms. The number of hydrogen-bond acceptors (Lipinski definition) is 4. The molecule has 1 amide bonds. The number of hydrogen-bond donors (Lipinski definition) is 2. The first-order valence-corrected chi connectivity index (χ1v) is 9.04. The third kappa shape index (κ3) is 5.14. The summed E-state index contributed by atoms with van der Waals surface area (Å²) >= 11 is 0. The van der Waals surface area contributed by atoms with Crippen LogP contribution in [0.1, 0.15) is 46.9 Å². The summed E-state index contributed by atoms with van der Waals surface area (Å²) in [6.45, 7) is 6.97. The molecule has 0 saturated carbocycles. The molecule has 0 aliphatic rings. The second-order valence-electron chi connectivity index (χ2n) is 6.86. The number of amides is 1. The second-order valence-corrected chi connectivity index (χ2v) is 6.86. The Kier molecular flexibility index (Phi) is 5.81. The SMILES string of the molecule is Cc1ccc(CNc2cc(C(=O)Nc3ccc(C(C)C)cc3)ncn2)cc1. The molecular weight excluding hydrogens is 336 g/mol. The lowest BCUT2D eigenvalue weighted by molar-refractivity contribution is 0.102. The molecule has 0 unspecified atom stereocenters. The Hall–Kier alpha value is -3.21. The lowest BCUT2D eigenvalue weighted by atomic mass is 10.0. The Morgan fingerprint density at radius 3 is 2.37 bits per heavy atom. The van der Waals surface area contributed by atoms with Gasteiger partial charge in [-0.1, -0.05) is 55.8 Å². The molecule has 2 N–H and O–H groups in total. The highest BCUT2D eigenvalue weighted by atomic mass is 16.1. The molecule has 5 heteroatoms. The van der Waals surface area contributed by atoms with Crippen molar-refractivity contribution < 1.29 is 4.79 Å². The zero-order chi connectivity index (χ0) is 19.2. The van der Waals surface area contributed by atoms with Gasteiger partial charge in [0.05, 0.1) is 0 Å². The molecule has 1 heterocycles. The smallest absolute Gasteiger partial charge is 0.274 e. The lowest BCUT2D eigenvalue weighted by Gasteiger charge is -2.09. The van der Waals surface area contributed by atoms with E-state index in [1.165, 1.54) is 17.5 Å². The molecular formula is C22H24N4O. The van der Waals surface area contributed by atoms with E-state index in [-0.39, 0.29) is 5.91 Å². The van der Waals surface area contributed by atoms with Gasteiger partial charge in [0.25, 0.3) is 5.91 Å². The largest absolute Gasteiger partial charge is 0.366 e. The van der Waals surface area contributed by atoms with Gasteiger partial charge in [-0.25, -0.2) is 9.97 Å². The fraction of sp³-hybridized carbons (Fsp3) is 0.227. The summed E-state index contributed by atoms with van der Waals surface area (Å²) in [6.07, 6.45) is 1.40. The Labute approximate surface area is 159 Å². The van der Waals surface area contributed by atoms with Gasteiger partial charge < -0.3 is 10.6 Å². The molecule has 0 bridgehead atoms. The summed E-state index contributed by atoms with van der Waals surface area (Å²) in [7, 11) is 0. The van der Waals surface area contributed by atoms with E-state index in [0.717, 1.165) is 11.3 Å². The van der Waals surface area contributed by atoms with Crippen LogP contribution in [0.3, 0.4) is 0 Å². The standard InChI is InChI=1S/C22H24N4O/c1-15(2)18-8-10-19(11-9-18)26-22(27)20-12-21(25-14-24-20)23-13-17-6-4-16(3)5-7-17/h4-12,14-15H,13H2,1-3H3,(H,26,27)(H,23,24,25). The summed E-state index contributed by atoms with van der Waals surface area (Å²) in [5.74, 6) is 0.817. The van der Waals surface area contributed by atoms with E-state index in [1.54, 1.807) is 6.07 Å². The molecule has 0 atom stereocenters. The molecule has 5 nitrogen and oxygen atoms in total. The summed E-state index contributed by atoms with van der Waals surface area (Å²) in [4.78, 5) is 20.7. The maximum absolute atomic E-state index is 12.5. The minimum Gasteiger partial charge on any atom is -0.366 e. The van der Waals surface area contributed by atoms with Crippen LogP contribution in [0, 0.1) is 6.92 Å². The molecule has 0 saturated heterocycles. The summed E-state index contributed by atoms with van der Waals surface area (Å²) in [6, 6.07) is 17.8. The van der Waals surface area contributed by atoms with Crippen molar-refractivity contribution in [2.75, 3.05) is 10.6 Å². The van der Waals surface area contributed by atoms with E-state index in [9.17, 15) is 4.79 Å². The number of aromatic nitrogens is 2. The topological polar surface area (TPSA) is 66.9 Å². The summed E-state index contributed by atoms with van der Waals surface area (Å²) in [5.41, 5.74) is 4.68. The third-order valence-corrected chi connectivity index (χ3v) is 4.33. The fourth-order valence-corrected chi connectivity index (χ4v) is 2.62. The normalized spacial score (nSPS) is 10.7. The number of benzene rings is 2. The number of aryl methyl sites for hydroxylation is 1. The van der Waals surface area contributed by atoms with Crippen molar-refractivity contribution in [1.29, 1.82) is 0 Å². The van der Waals surface area contributed by atoms with Crippen molar-refractivity contribution >= 4 is 17.4 Å². The van der Waals surface area contributed by atoms with E-state index < -0.39 is 0 Å². The zero-order valence-electron chi connectivity index (χ0n) is 15.9. The van der Waals surface area contributed by atoms with Crippen LogP contribution in [0.25, 0.3) is 0 Å². The van der Waals surface area contributed by atoms with Crippen LogP contribution in [-0.4, -0.2) is 15.9 Å². The lowest BCUT2D eigenvalue weighted by Crippen LogP contribution is -2.14. The van der Waals surface area contributed by atoms with Crippen LogP contribution >= 0.6 is 0 Å². The molecule has 3 aromatic rings. The first-order valence-electron chi connectivity index (χ1n) is 9.04. The average Bonchev–Trinajstić information content (AvgIpc) is 2.68. The minimum absolute atomic E-state index is 0.256. The monoisotopic (exact) mass is 360 g/mol. The van der Waals surface area contributed by atoms with E-state index in [0.29, 0.717) is 24.0 Å². The molecule has 3 rings (SSSR count). The Balaban J connectivity index is 1.63. The van der Waals surface area contributed by atoms with Crippen LogP contribution in [0.15, 0.2) is 60.9 Å². The van der Waals surface area contributed by atoms with Gasteiger partial charge in [-0.2, -0.15) is 0 Å². The first kappa shape index (κ1) is 18.6. The maximum Gasteiger partial charge on any atom is 0.274 e. The Morgan fingerprint density at radius 2 is 1.70 bits per heavy atom. The van der Waals surface area contributed by atoms with Gasteiger partial charge in [-0.05, 0) is 36.1 Å². The first-order chi connectivity index (χ1) is 13.0. The summed E-state index contributed by atoms with van der Waals surface area (Å²) < 4.78 is 0. The number of carbonyl (C=O) groups is 1. The molecule has 0 fully saturated rings. The van der Waals surface area contributed by atoms with Gasteiger partial charge in [-0.3, -0.25) is 4.79 Å². The van der Waals surface area contributed by atoms with Crippen LogP contribution < -0.4 is 10.6 Å². The predicted molar refractivity (Wildman–Crippen MR) is 109 cm³/mol. The predicted octanol–water partition coefficient (Wildman–Crippen LogP) is 4.77. The van der Waals surface area contributed by atoms with Crippen LogP contribution in [0.4, 0.5) is 11.5 Å². The second kappa shape index (κ2) is 8.45. The van der Waals surface area contributed by atoms with Gasteiger partial charge >= 0.3 is 0 Å². The van der Waals surface area contributed by atoms with Gasteiger partial charge in [-0.15, -0.1) is 0 Å². The number of nitrogens with zero attached hydrogens (tertiary/aromatic N) is 2. The number of carbonyl (C=O) groups excluding carboxylic acids is 1. The number of nitrogens with one attached hydrogen (secondary N) is 2.